The van der Waals surface area contributed by atoms with Crippen LogP contribution in [0.25, 0.3) is 0 Å². The predicted molar refractivity (Wildman–Crippen MR) is 31.7 cm³/mol. The van der Waals surface area contributed by atoms with Gasteiger partial charge in [0.2, 0.25) is 11.6 Å². The lowest BCUT2D eigenvalue weighted by molar-refractivity contribution is 0.0975. The zero-order valence-corrected chi connectivity index (χ0v) is 5.38. The quantitative estimate of drug-likeness (QED) is 0.587. The third-order valence-electron chi connectivity index (χ3n) is 1.03. The van der Waals surface area contributed by atoms with Gasteiger partial charge in [-0.15, -0.1) is 0 Å². The summed E-state index contributed by atoms with van der Waals surface area (Å²) in [7, 11) is 0. The number of aromatic nitrogens is 2. The zero-order valence-electron chi connectivity index (χ0n) is 5.38. The van der Waals surface area contributed by atoms with Gasteiger partial charge in [-0.3, -0.25) is 14.3 Å². The van der Waals surface area contributed by atoms with E-state index in [1.165, 1.54) is 0 Å². The Morgan fingerprint density at radius 3 is 2.90 bits per heavy atom. The minimum absolute atomic E-state index is 0.00694. The van der Waals surface area contributed by atoms with E-state index in [1.54, 1.807) is 6.92 Å². The lowest BCUT2D eigenvalue weighted by Gasteiger charge is -1.83. The van der Waals surface area contributed by atoms with Crippen LogP contribution in [0.4, 0.5) is 0 Å². The van der Waals surface area contributed by atoms with Gasteiger partial charge in [-0.1, -0.05) is 12.1 Å². The molecule has 54 valence electrons. The molecule has 0 unspecified atom stereocenters. The number of hydrogen-bond acceptors (Lipinski definition) is 4. The van der Waals surface area contributed by atoms with Gasteiger partial charge in [-0.05, 0) is 0 Å². The second kappa shape index (κ2) is 2.47. The van der Waals surface area contributed by atoms with Crippen LogP contribution in [-0.2, 0) is 0 Å². The Kier molecular flexibility index (Phi) is 1.66. The van der Waals surface area contributed by atoms with Gasteiger partial charge in [0.25, 0.3) is 0 Å². The van der Waals surface area contributed by atoms with Crippen LogP contribution in [0.5, 0.6) is 0 Å². The number of H-pyrrole nitrogens is 1. The number of carbonyl (C=O) groups is 1. The summed E-state index contributed by atoms with van der Waals surface area (Å²) in [5.74, 6) is -0.935. The summed E-state index contributed by atoms with van der Waals surface area (Å²) in [5.41, 5.74) is 0. The zero-order chi connectivity index (χ0) is 7.56. The predicted octanol–water partition coefficient (Wildman–Crippen LogP) is -0.0444. The Balaban J connectivity index is 2.95. The molecular formula is C5H6N2O3. The number of hydrogen-bond donors (Lipinski definition) is 1. The fourth-order valence-electron chi connectivity index (χ4n) is 0.517. The molecule has 0 fully saturated rings. The van der Waals surface area contributed by atoms with Gasteiger partial charge in [0.1, 0.15) is 0 Å². The molecule has 5 heteroatoms. The number of ketones is 1. The average Bonchev–Trinajstić information content (AvgIpc) is 2.34. The summed E-state index contributed by atoms with van der Waals surface area (Å²) in [6, 6.07) is 0. The van der Waals surface area contributed by atoms with Gasteiger partial charge < -0.3 is 0 Å². The minimum Gasteiger partial charge on any atom is -0.295 e. The van der Waals surface area contributed by atoms with E-state index in [-0.39, 0.29) is 11.6 Å². The topological polar surface area (TPSA) is 76.0 Å². The summed E-state index contributed by atoms with van der Waals surface area (Å²) in [4.78, 5) is 23.2. The number of carbonyl (C=O) groups excluding carboxylic acids is 1. The van der Waals surface area contributed by atoms with Gasteiger partial charge in [-0.2, -0.15) is 0 Å². The average molecular weight is 142 g/mol. The molecule has 1 N–H and O–H groups in total. The van der Waals surface area contributed by atoms with Crippen molar-refractivity contribution in [2.75, 3.05) is 0 Å². The maximum Gasteiger partial charge on any atom is 0.439 e. The smallest absolute Gasteiger partial charge is 0.295 e. The number of Topliss-reactive ketones (excluding diaryl/α,β-unsaturated/α-hetero) is 1. The molecule has 1 aromatic heterocycles. The molecule has 0 aromatic carbocycles. The summed E-state index contributed by atoms with van der Waals surface area (Å²) in [6.45, 7) is 1.68. The van der Waals surface area contributed by atoms with E-state index in [0.29, 0.717) is 6.42 Å². The summed E-state index contributed by atoms with van der Waals surface area (Å²) in [6.07, 6.45) is 0.308. The van der Waals surface area contributed by atoms with Crippen LogP contribution in [0.3, 0.4) is 0 Å². The van der Waals surface area contributed by atoms with Crippen LogP contribution in [0.15, 0.2) is 9.32 Å². The maximum atomic E-state index is 10.7. The molecule has 10 heavy (non-hydrogen) atoms. The van der Waals surface area contributed by atoms with Crippen molar-refractivity contribution in [2.45, 2.75) is 13.3 Å². The van der Waals surface area contributed by atoms with Gasteiger partial charge in [0.05, 0.1) is 0 Å². The Morgan fingerprint density at radius 2 is 2.50 bits per heavy atom. The highest BCUT2D eigenvalue weighted by atomic mass is 16.5. The molecule has 0 aliphatic rings. The standard InChI is InChI=1S/C5H6N2O3/c1-2-3(8)4-6-5(9)10-7-4/h2H2,1H3,(H,6,7,9). The lowest BCUT2D eigenvalue weighted by atomic mass is 10.3. The molecule has 5 nitrogen and oxygen atoms in total. The van der Waals surface area contributed by atoms with Crippen LogP contribution < -0.4 is 5.76 Å². The Morgan fingerprint density at radius 1 is 1.80 bits per heavy atom. The molecule has 0 atom stereocenters. The van der Waals surface area contributed by atoms with E-state index < -0.39 is 5.76 Å². The molecule has 0 radical (unpaired) electrons. The van der Waals surface area contributed by atoms with E-state index >= 15 is 0 Å². The molecule has 0 spiro atoms. The van der Waals surface area contributed by atoms with E-state index in [9.17, 15) is 9.59 Å². The fraction of sp³-hybridized carbons (Fsp3) is 0.400. The fourth-order valence-corrected chi connectivity index (χ4v) is 0.517. The number of rotatable bonds is 2. The normalized spacial score (nSPS) is 9.70. The van der Waals surface area contributed by atoms with Crippen molar-refractivity contribution in [3.63, 3.8) is 0 Å². The molecule has 1 aromatic rings. The largest absolute Gasteiger partial charge is 0.439 e. The first-order valence-electron chi connectivity index (χ1n) is 2.83. The van der Waals surface area contributed by atoms with Crippen molar-refractivity contribution in [2.24, 2.45) is 0 Å². The van der Waals surface area contributed by atoms with Gasteiger partial charge >= 0.3 is 5.76 Å². The first-order chi connectivity index (χ1) is 4.74. The molecular weight excluding hydrogens is 136 g/mol. The molecule has 0 bridgehead atoms. The molecule has 0 aliphatic carbocycles. The highest BCUT2D eigenvalue weighted by molar-refractivity contribution is 5.91. The Hall–Kier alpha value is -1.39. The second-order valence-corrected chi connectivity index (χ2v) is 1.72. The van der Waals surface area contributed by atoms with Crippen LogP contribution in [0.2, 0.25) is 0 Å². The van der Waals surface area contributed by atoms with Crippen LogP contribution >= 0.6 is 0 Å². The summed E-state index contributed by atoms with van der Waals surface area (Å²) < 4.78 is 4.11. The van der Waals surface area contributed by atoms with E-state index in [1.807, 2.05) is 0 Å². The molecule has 1 rings (SSSR count). The summed E-state index contributed by atoms with van der Waals surface area (Å²) in [5, 5.41) is 3.19. The van der Waals surface area contributed by atoms with E-state index in [0.717, 1.165) is 0 Å². The van der Waals surface area contributed by atoms with Gasteiger partial charge in [-0.25, -0.2) is 4.79 Å². The number of nitrogens with one attached hydrogen (secondary N) is 1. The molecule has 0 amide bonds. The monoisotopic (exact) mass is 142 g/mol. The molecule has 0 aliphatic heterocycles. The lowest BCUT2D eigenvalue weighted by Crippen LogP contribution is -2.02. The number of aromatic amines is 1. The Bertz CT molecular complexity index is 285. The minimum atomic E-state index is -0.697. The Labute approximate surface area is 56.0 Å². The van der Waals surface area contributed by atoms with Gasteiger partial charge in [0, 0.05) is 6.42 Å². The van der Waals surface area contributed by atoms with Crippen molar-refractivity contribution < 1.29 is 9.32 Å². The molecule has 1 heterocycles. The van der Waals surface area contributed by atoms with Crippen molar-refractivity contribution in [1.82, 2.24) is 10.1 Å². The summed E-state index contributed by atoms with van der Waals surface area (Å²) >= 11 is 0. The van der Waals surface area contributed by atoms with Crippen molar-refractivity contribution in [3.05, 3.63) is 16.4 Å². The van der Waals surface area contributed by atoms with E-state index in [2.05, 4.69) is 14.7 Å². The van der Waals surface area contributed by atoms with E-state index in [4.69, 9.17) is 0 Å². The maximum absolute atomic E-state index is 10.7. The van der Waals surface area contributed by atoms with Crippen molar-refractivity contribution in [3.8, 4) is 0 Å². The SMILES string of the molecule is CCC(=O)c1noc(=O)[nH]1. The third-order valence-corrected chi connectivity index (χ3v) is 1.03. The highest BCUT2D eigenvalue weighted by Gasteiger charge is 2.07. The van der Waals surface area contributed by atoms with Crippen LogP contribution in [0.1, 0.15) is 24.0 Å². The van der Waals surface area contributed by atoms with Crippen LogP contribution in [-0.4, -0.2) is 15.9 Å². The first-order valence-corrected chi connectivity index (χ1v) is 2.83. The number of nitrogens with zero attached hydrogens (tertiary/aromatic N) is 1. The van der Waals surface area contributed by atoms with Crippen molar-refractivity contribution >= 4 is 5.78 Å². The molecule has 0 saturated carbocycles. The second-order valence-electron chi connectivity index (χ2n) is 1.72. The third kappa shape index (κ3) is 1.12. The first kappa shape index (κ1) is 6.73. The van der Waals surface area contributed by atoms with Crippen LogP contribution in [0, 0.1) is 0 Å². The molecule has 0 saturated heterocycles. The van der Waals surface area contributed by atoms with Gasteiger partial charge in [0.15, 0.2) is 0 Å². The van der Waals surface area contributed by atoms with Crippen molar-refractivity contribution in [1.29, 1.82) is 0 Å². The highest BCUT2D eigenvalue weighted by Crippen LogP contribution is 1.90.